The molecule has 0 unspecified atom stereocenters. The van der Waals surface area contributed by atoms with Gasteiger partial charge in [-0.3, -0.25) is 10.1 Å². The van der Waals surface area contributed by atoms with Gasteiger partial charge < -0.3 is 9.84 Å². The van der Waals surface area contributed by atoms with Crippen molar-refractivity contribution in [1.82, 2.24) is 15.2 Å². The number of aromatic amines is 1. The fraction of sp³-hybridized carbons (Fsp3) is 0.0645. The second-order valence-electron chi connectivity index (χ2n) is 8.48. The Kier molecular flexibility index (Phi) is 6.90. The van der Waals surface area contributed by atoms with Crippen LogP contribution in [0.2, 0.25) is 0 Å². The van der Waals surface area contributed by atoms with Crippen molar-refractivity contribution in [2.75, 3.05) is 0 Å². The van der Waals surface area contributed by atoms with Crippen LogP contribution in [-0.4, -0.2) is 26.3 Å². The molecule has 2 heterocycles. The average molecular weight is 488 g/mol. The lowest BCUT2D eigenvalue weighted by atomic mass is 9.87. The molecule has 0 fully saturated rings. The van der Waals surface area contributed by atoms with Crippen molar-refractivity contribution in [1.29, 1.82) is 0 Å². The molecule has 0 saturated carbocycles. The van der Waals surface area contributed by atoms with E-state index in [4.69, 9.17) is 9.84 Å². The van der Waals surface area contributed by atoms with E-state index in [0.717, 1.165) is 62.7 Å². The van der Waals surface area contributed by atoms with Gasteiger partial charge in [-0.2, -0.15) is 5.10 Å². The summed E-state index contributed by atoms with van der Waals surface area (Å²) in [5.74, 6) is 0.518. The van der Waals surface area contributed by atoms with Gasteiger partial charge >= 0.3 is 5.97 Å². The van der Waals surface area contributed by atoms with E-state index in [1.54, 1.807) is 18.5 Å². The Bertz CT molecular complexity index is 1580. The lowest BCUT2D eigenvalue weighted by Crippen LogP contribution is -1.96. The molecule has 0 aliphatic heterocycles. The van der Waals surface area contributed by atoms with Crippen LogP contribution >= 0.6 is 0 Å². The molecule has 3 aromatic carbocycles. The van der Waals surface area contributed by atoms with Gasteiger partial charge in [0.2, 0.25) is 0 Å². The summed E-state index contributed by atoms with van der Waals surface area (Å²) in [5.41, 5.74) is 7.33. The maximum absolute atomic E-state index is 10.9. The number of fused-ring (bicyclic) bond motifs is 1. The minimum atomic E-state index is -0.970. The van der Waals surface area contributed by atoms with Gasteiger partial charge in [0.15, 0.2) is 0 Å². The zero-order valence-corrected chi connectivity index (χ0v) is 20.3. The Morgan fingerprint density at radius 1 is 0.892 bits per heavy atom. The molecule has 0 saturated heterocycles. The van der Waals surface area contributed by atoms with Crippen molar-refractivity contribution < 1.29 is 14.6 Å². The number of benzene rings is 3. The first-order chi connectivity index (χ1) is 18.1. The predicted octanol–water partition coefficient (Wildman–Crippen LogP) is 7.22. The molecule has 0 radical (unpaired) electrons. The molecule has 6 heteroatoms. The van der Waals surface area contributed by atoms with Crippen LogP contribution in [0.25, 0.3) is 28.1 Å². The van der Waals surface area contributed by atoms with Gasteiger partial charge in [-0.15, -0.1) is 0 Å². The highest BCUT2D eigenvalue weighted by atomic mass is 16.5. The number of carboxylic acids is 1. The SMILES string of the molecule is CCC(=C(c1ccc(C=CC(=O)O)cc1)c1ccc2[nH]ncc2c1)c1ccc(Oc2ccncc2)cc1. The molecular formula is C31H25N3O3. The second kappa shape index (κ2) is 10.7. The lowest BCUT2D eigenvalue weighted by molar-refractivity contribution is -0.131. The molecule has 2 aromatic heterocycles. The minimum Gasteiger partial charge on any atom is -0.478 e. The van der Waals surface area contributed by atoms with E-state index in [1.165, 1.54) is 5.57 Å². The van der Waals surface area contributed by atoms with Gasteiger partial charge in [-0.25, -0.2) is 4.79 Å². The molecule has 2 N–H and O–H groups in total. The molecule has 0 spiro atoms. The molecule has 0 bridgehead atoms. The normalized spacial score (nSPS) is 12.0. The zero-order chi connectivity index (χ0) is 25.6. The number of nitrogens with zero attached hydrogens (tertiary/aromatic N) is 2. The van der Waals surface area contributed by atoms with E-state index >= 15 is 0 Å². The first-order valence-electron chi connectivity index (χ1n) is 12.0. The van der Waals surface area contributed by atoms with Gasteiger partial charge in [0.25, 0.3) is 0 Å². The molecule has 182 valence electrons. The van der Waals surface area contributed by atoms with Crippen LogP contribution in [0.3, 0.4) is 0 Å². The highest BCUT2D eigenvalue weighted by molar-refractivity contribution is 6.00. The van der Waals surface area contributed by atoms with Crippen LogP contribution in [0.15, 0.2) is 104 Å². The number of allylic oxidation sites excluding steroid dienone is 1. The van der Waals surface area contributed by atoms with E-state index in [9.17, 15) is 4.79 Å². The first-order valence-corrected chi connectivity index (χ1v) is 12.0. The fourth-order valence-electron chi connectivity index (χ4n) is 4.33. The number of carbonyl (C=O) groups is 1. The summed E-state index contributed by atoms with van der Waals surface area (Å²) in [6, 6.07) is 26.0. The van der Waals surface area contributed by atoms with E-state index in [1.807, 2.05) is 60.8 Å². The van der Waals surface area contributed by atoms with Gasteiger partial charge in [0, 0.05) is 23.9 Å². The predicted molar refractivity (Wildman–Crippen MR) is 146 cm³/mol. The third-order valence-corrected chi connectivity index (χ3v) is 6.09. The smallest absolute Gasteiger partial charge is 0.328 e. The number of nitrogens with one attached hydrogen (secondary N) is 1. The number of aromatic nitrogens is 3. The van der Waals surface area contributed by atoms with Crippen LogP contribution < -0.4 is 4.74 Å². The summed E-state index contributed by atoms with van der Waals surface area (Å²) >= 11 is 0. The molecule has 5 rings (SSSR count). The number of hydrogen-bond acceptors (Lipinski definition) is 4. The summed E-state index contributed by atoms with van der Waals surface area (Å²) in [6.45, 7) is 2.15. The summed E-state index contributed by atoms with van der Waals surface area (Å²) < 4.78 is 5.95. The number of aliphatic carboxylic acids is 1. The number of ether oxygens (including phenoxy) is 1. The molecule has 5 aromatic rings. The molecular weight excluding hydrogens is 462 g/mol. The number of rotatable bonds is 8. The van der Waals surface area contributed by atoms with E-state index in [2.05, 4.69) is 46.4 Å². The Balaban J connectivity index is 1.58. The maximum Gasteiger partial charge on any atom is 0.328 e. The van der Waals surface area contributed by atoms with Crippen molar-refractivity contribution in [3.63, 3.8) is 0 Å². The summed E-state index contributed by atoms with van der Waals surface area (Å²) in [6.07, 6.45) is 8.78. The standard InChI is InChI=1S/C31H25N3O3/c1-2-28(22-8-11-26(12-9-22)37-27-15-17-32-18-16-27)31(24-10-13-29-25(19-24)20-33-34-29)23-6-3-21(4-7-23)5-14-30(35)36/h3-20H,2H2,1H3,(H,33,34)(H,35,36). The molecule has 6 nitrogen and oxygen atoms in total. The van der Waals surface area contributed by atoms with Crippen molar-refractivity contribution in [3.05, 3.63) is 126 Å². The lowest BCUT2D eigenvalue weighted by Gasteiger charge is -2.17. The largest absolute Gasteiger partial charge is 0.478 e. The molecule has 0 atom stereocenters. The third-order valence-electron chi connectivity index (χ3n) is 6.09. The fourth-order valence-corrected chi connectivity index (χ4v) is 4.33. The minimum absolute atomic E-state index is 0.736. The number of hydrogen-bond donors (Lipinski definition) is 2. The summed E-state index contributed by atoms with van der Waals surface area (Å²) in [5, 5.41) is 17.2. The molecule has 0 aliphatic carbocycles. The van der Waals surface area contributed by atoms with Crippen molar-refractivity contribution in [3.8, 4) is 11.5 Å². The van der Waals surface area contributed by atoms with Crippen molar-refractivity contribution in [2.45, 2.75) is 13.3 Å². The Hall–Kier alpha value is -4.97. The summed E-state index contributed by atoms with van der Waals surface area (Å²) in [4.78, 5) is 14.9. The van der Waals surface area contributed by atoms with Crippen LogP contribution in [0.5, 0.6) is 11.5 Å². The average Bonchev–Trinajstić information content (AvgIpc) is 3.40. The quantitative estimate of drug-likeness (QED) is 0.178. The molecule has 37 heavy (non-hydrogen) atoms. The van der Waals surface area contributed by atoms with Crippen LogP contribution in [0, 0.1) is 0 Å². The highest BCUT2D eigenvalue weighted by Gasteiger charge is 2.14. The second-order valence-corrected chi connectivity index (χ2v) is 8.48. The number of carboxylic acid groups (broad SMARTS) is 1. The monoisotopic (exact) mass is 487 g/mol. The number of H-pyrrole nitrogens is 1. The summed E-state index contributed by atoms with van der Waals surface area (Å²) in [7, 11) is 0. The van der Waals surface area contributed by atoms with E-state index in [-0.39, 0.29) is 0 Å². The van der Waals surface area contributed by atoms with Crippen LogP contribution in [0.1, 0.15) is 35.6 Å². The van der Waals surface area contributed by atoms with Gasteiger partial charge in [-0.1, -0.05) is 49.4 Å². The van der Waals surface area contributed by atoms with E-state index < -0.39 is 5.97 Å². The Labute approximate surface area is 214 Å². The maximum atomic E-state index is 10.9. The topological polar surface area (TPSA) is 88.1 Å². The van der Waals surface area contributed by atoms with Crippen molar-refractivity contribution >= 4 is 34.1 Å². The van der Waals surface area contributed by atoms with Crippen LogP contribution in [0.4, 0.5) is 0 Å². The highest BCUT2D eigenvalue weighted by Crippen LogP contribution is 2.36. The van der Waals surface area contributed by atoms with Gasteiger partial charge in [0.1, 0.15) is 11.5 Å². The molecule has 0 aliphatic rings. The third kappa shape index (κ3) is 5.49. The van der Waals surface area contributed by atoms with Gasteiger partial charge in [0.05, 0.1) is 11.7 Å². The first kappa shape index (κ1) is 23.8. The van der Waals surface area contributed by atoms with E-state index in [0.29, 0.717) is 0 Å². The molecule has 0 amide bonds. The van der Waals surface area contributed by atoms with Gasteiger partial charge in [-0.05, 0) is 82.3 Å². The Morgan fingerprint density at radius 2 is 1.57 bits per heavy atom. The Morgan fingerprint density at radius 3 is 2.27 bits per heavy atom. The van der Waals surface area contributed by atoms with Crippen molar-refractivity contribution in [2.24, 2.45) is 0 Å². The van der Waals surface area contributed by atoms with Crippen LogP contribution in [-0.2, 0) is 4.79 Å². The number of pyridine rings is 1. The zero-order valence-electron chi connectivity index (χ0n) is 20.3.